The van der Waals surface area contributed by atoms with Gasteiger partial charge in [0, 0.05) is 17.5 Å². The fraction of sp³-hybridized carbons (Fsp3) is 0.0833. The number of nitrogens with one attached hydrogen (secondary N) is 1. The number of hydrazone groups is 1. The van der Waals surface area contributed by atoms with Gasteiger partial charge in [0.15, 0.2) is 11.0 Å². The molecular weight excluding hydrogens is 438 g/mol. The molecule has 4 rings (SSSR count). The van der Waals surface area contributed by atoms with Crippen molar-refractivity contribution in [3.8, 4) is 22.8 Å². The van der Waals surface area contributed by atoms with E-state index in [2.05, 4.69) is 20.7 Å². The standard InChI is InChI=1S/C24H21N5O3S/c1-31-20-13-11-19(12-14-20)29-23(18-7-3-2-4-8-18)27-28-24(29)33-17-22(30)26-25-15-5-9-21-10-6-16-32-21/h2-16H,17H2,1H3,(H,26,30). The van der Waals surface area contributed by atoms with Gasteiger partial charge in [-0.25, -0.2) is 5.43 Å². The Bertz CT molecular complexity index is 1230. The minimum atomic E-state index is -0.256. The van der Waals surface area contributed by atoms with Gasteiger partial charge in [0.05, 0.1) is 19.1 Å². The van der Waals surface area contributed by atoms with Gasteiger partial charge in [-0.2, -0.15) is 5.10 Å². The van der Waals surface area contributed by atoms with E-state index in [4.69, 9.17) is 9.15 Å². The van der Waals surface area contributed by atoms with E-state index in [1.54, 1.807) is 31.6 Å². The first-order valence-corrected chi connectivity index (χ1v) is 11.0. The van der Waals surface area contributed by atoms with Gasteiger partial charge in [-0.15, -0.1) is 10.2 Å². The van der Waals surface area contributed by atoms with Gasteiger partial charge in [-0.05, 0) is 48.6 Å². The van der Waals surface area contributed by atoms with E-state index >= 15 is 0 Å². The van der Waals surface area contributed by atoms with Gasteiger partial charge in [-0.1, -0.05) is 42.1 Å². The highest BCUT2D eigenvalue weighted by atomic mass is 32.2. The van der Waals surface area contributed by atoms with Gasteiger partial charge >= 0.3 is 0 Å². The van der Waals surface area contributed by atoms with Crippen LogP contribution in [0.25, 0.3) is 23.2 Å². The van der Waals surface area contributed by atoms with Gasteiger partial charge < -0.3 is 9.15 Å². The average molecular weight is 460 g/mol. The third-order valence-corrected chi connectivity index (χ3v) is 5.41. The maximum Gasteiger partial charge on any atom is 0.250 e. The lowest BCUT2D eigenvalue weighted by molar-refractivity contribution is -0.118. The summed E-state index contributed by atoms with van der Waals surface area (Å²) in [6.07, 6.45) is 6.49. The van der Waals surface area contributed by atoms with Crippen molar-refractivity contribution in [2.24, 2.45) is 5.10 Å². The lowest BCUT2D eigenvalue weighted by Gasteiger charge is -2.11. The van der Waals surface area contributed by atoms with Crippen LogP contribution in [0.1, 0.15) is 5.76 Å². The molecule has 0 aliphatic heterocycles. The molecule has 2 aromatic carbocycles. The number of thioether (sulfide) groups is 1. The summed E-state index contributed by atoms with van der Waals surface area (Å²) in [6, 6.07) is 21.0. The zero-order chi connectivity index (χ0) is 22.9. The Morgan fingerprint density at radius 3 is 2.67 bits per heavy atom. The van der Waals surface area contributed by atoms with E-state index < -0.39 is 0 Å². The maximum absolute atomic E-state index is 12.3. The smallest absolute Gasteiger partial charge is 0.250 e. The second-order valence-corrected chi connectivity index (χ2v) is 7.62. The van der Waals surface area contributed by atoms with Crippen molar-refractivity contribution < 1.29 is 13.9 Å². The van der Waals surface area contributed by atoms with E-state index in [9.17, 15) is 4.79 Å². The van der Waals surface area contributed by atoms with Crippen LogP contribution in [0.2, 0.25) is 0 Å². The third kappa shape index (κ3) is 5.78. The first kappa shape index (κ1) is 22.1. The molecule has 0 radical (unpaired) electrons. The molecular formula is C24H21N5O3S. The summed E-state index contributed by atoms with van der Waals surface area (Å²) in [5.74, 6) is 2.01. The molecule has 166 valence electrons. The van der Waals surface area contributed by atoms with E-state index in [0.29, 0.717) is 16.7 Å². The van der Waals surface area contributed by atoms with Gasteiger partial charge in [0.25, 0.3) is 5.91 Å². The molecule has 0 aliphatic rings. The van der Waals surface area contributed by atoms with Crippen molar-refractivity contribution in [1.82, 2.24) is 20.2 Å². The van der Waals surface area contributed by atoms with Crippen LogP contribution in [-0.4, -0.2) is 39.7 Å². The molecule has 9 heteroatoms. The second kappa shape index (κ2) is 11.0. The van der Waals surface area contributed by atoms with Crippen molar-refractivity contribution in [1.29, 1.82) is 0 Å². The zero-order valence-electron chi connectivity index (χ0n) is 17.8. The van der Waals surface area contributed by atoms with Crippen LogP contribution < -0.4 is 10.2 Å². The number of furan rings is 1. The van der Waals surface area contributed by atoms with E-state index in [1.807, 2.05) is 65.2 Å². The first-order chi connectivity index (χ1) is 16.2. The number of carbonyl (C=O) groups excluding carboxylic acids is 1. The number of benzene rings is 2. The molecule has 33 heavy (non-hydrogen) atoms. The van der Waals surface area contributed by atoms with Crippen molar-refractivity contribution in [2.45, 2.75) is 5.16 Å². The Labute approximate surface area is 195 Å². The van der Waals surface area contributed by atoms with Crippen molar-refractivity contribution in [2.75, 3.05) is 12.9 Å². The molecule has 4 aromatic rings. The lowest BCUT2D eigenvalue weighted by Crippen LogP contribution is -2.19. The van der Waals surface area contributed by atoms with Crippen LogP contribution >= 0.6 is 11.8 Å². The molecule has 1 amide bonds. The van der Waals surface area contributed by atoms with E-state index in [0.717, 1.165) is 17.0 Å². The fourth-order valence-electron chi connectivity index (χ4n) is 2.94. The van der Waals surface area contributed by atoms with Crippen molar-refractivity contribution in [3.63, 3.8) is 0 Å². The highest BCUT2D eigenvalue weighted by Gasteiger charge is 2.17. The number of carbonyl (C=O) groups is 1. The number of methoxy groups -OCH3 is 1. The molecule has 0 fully saturated rings. The van der Waals surface area contributed by atoms with Gasteiger partial charge in [0.2, 0.25) is 0 Å². The largest absolute Gasteiger partial charge is 0.497 e. The molecule has 0 spiro atoms. The Balaban J connectivity index is 1.46. The minimum Gasteiger partial charge on any atom is -0.497 e. The Morgan fingerprint density at radius 2 is 1.94 bits per heavy atom. The fourth-order valence-corrected chi connectivity index (χ4v) is 3.68. The number of nitrogens with zero attached hydrogens (tertiary/aromatic N) is 4. The number of allylic oxidation sites excluding steroid dienone is 1. The number of rotatable bonds is 9. The van der Waals surface area contributed by atoms with Crippen LogP contribution in [0.15, 0.2) is 93.7 Å². The monoisotopic (exact) mass is 459 g/mol. The predicted octanol–water partition coefficient (Wildman–Crippen LogP) is 4.44. The Morgan fingerprint density at radius 1 is 1.12 bits per heavy atom. The summed E-state index contributed by atoms with van der Waals surface area (Å²) in [6.45, 7) is 0. The van der Waals surface area contributed by atoms with Crippen LogP contribution in [0.3, 0.4) is 0 Å². The molecule has 2 heterocycles. The van der Waals surface area contributed by atoms with Crippen molar-refractivity contribution in [3.05, 3.63) is 84.8 Å². The summed E-state index contributed by atoms with van der Waals surface area (Å²) < 4.78 is 12.4. The molecule has 0 aliphatic carbocycles. The normalized spacial score (nSPS) is 11.3. The topological polar surface area (TPSA) is 94.5 Å². The second-order valence-electron chi connectivity index (χ2n) is 6.68. The number of hydrogen-bond donors (Lipinski definition) is 1. The zero-order valence-corrected chi connectivity index (χ0v) is 18.6. The molecule has 2 aromatic heterocycles. The highest BCUT2D eigenvalue weighted by Crippen LogP contribution is 2.28. The number of amides is 1. The minimum absolute atomic E-state index is 0.127. The summed E-state index contributed by atoms with van der Waals surface area (Å²) in [5, 5.41) is 13.2. The third-order valence-electron chi connectivity index (χ3n) is 4.48. The summed E-state index contributed by atoms with van der Waals surface area (Å²) in [5.41, 5.74) is 4.29. The molecule has 0 saturated heterocycles. The van der Waals surface area contributed by atoms with Crippen LogP contribution in [-0.2, 0) is 4.79 Å². The van der Waals surface area contributed by atoms with E-state index in [1.165, 1.54) is 18.0 Å². The SMILES string of the molecule is COc1ccc(-n2c(SCC(=O)NN=CC=Cc3ccco3)nnc2-c2ccccc2)cc1. The lowest BCUT2D eigenvalue weighted by atomic mass is 10.2. The summed E-state index contributed by atoms with van der Waals surface area (Å²) in [4.78, 5) is 12.3. The molecule has 0 atom stereocenters. The van der Waals surface area contributed by atoms with Crippen LogP contribution in [0.5, 0.6) is 5.75 Å². The maximum atomic E-state index is 12.3. The Hall–Kier alpha value is -4.11. The summed E-state index contributed by atoms with van der Waals surface area (Å²) >= 11 is 1.28. The van der Waals surface area contributed by atoms with Crippen molar-refractivity contribution >= 4 is 30.0 Å². The number of hydrogen-bond acceptors (Lipinski definition) is 7. The Kier molecular flexibility index (Phi) is 7.34. The molecule has 1 N–H and O–H groups in total. The molecule has 0 saturated carbocycles. The molecule has 8 nitrogen and oxygen atoms in total. The predicted molar refractivity (Wildman–Crippen MR) is 128 cm³/mol. The summed E-state index contributed by atoms with van der Waals surface area (Å²) in [7, 11) is 1.62. The van der Waals surface area contributed by atoms with E-state index in [-0.39, 0.29) is 11.7 Å². The van der Waals surface area contributed by atoms with Crippen LogP contribution in [0.4, 0.5) is 0 Å². The first-order valence-electron chi connectivity index (χ1n) is 10.0. The molecule has 0 bridgehead atoms. The molecule has 0 unspecified atom stereocenters. The van der Waals surface area contributed by atoms with Crippen LogP contribution in [0, 0.1) is 0 Å². The highest BCUT2D eigenvalue weighted by molar-refractivity contribution is 7.99. The number of ether oxygens (including phenoxy) is 1. The quantitative estimate of drug-likeness (QED) is 0.226. The van der Waals surface area contributed by atoms with Gasteiger partial charge in [0.1, 0.15) is 11.5 Å². The average Bonchev–Trinajstić information content (AvgIpc) is 3.53. The number of aromatic nitrogens is 3. The van der Waals surface area contributed by atoms with Gasteiger partial charge in [-0.3, -0.25) is 9.36 Å².